The molecule has 0 N–H and O–H groups in total. The van der Waals surface area contributed by atoms with Crippen molar-refractivity contribution < 1.29 is 4.39 Å². The largest absolute Gasteiger partial charge is 0.288 e. The number of aromatic nitrogens is 2. The van der Waals surface area contributed by atoms with Crippen LogP contribution in [0.25, 0.3) is 31.1 Å². The zero-order chi connectivity index (χ0) is 14.6. The molecule has 0 aliphatic carbocycles. The summed E-state index contributed by atoms with van der Waals surface area (Å²) in [6, 6.07) is 8.44. The summed E-state index contributed by atoms with van der Waals surface area (Å²) in [5, 5.41) is 1.79. The van der Waals surface area contributed by atoms with E-state index >= 15 is 0 Å². The molecule has 0 fully saturated rings. The highest BCUT2D eigenvalue weighted by Crippen LogP contribution is 2.33. The first kappa shape index (κ1) is 12.6. The van der Waals surface area contributed by atoms with Crippen molar-refractivity contribution in [2.75, 3.05) is 0 Å². The molecule has 0 amide bonds. The Hall–Kier alpha value is -2.11. The summed E-state index contributed by atoms with van der Waals surface area (Å²) in [5.74, 6) is -0.671. The van der Waals surface area contributed by atoms with Crippen molar-refractivity contribution in [3.05, 3.63) is 57.9 Å². The first-order chi connectivity index (χ1) is 10.1. The quantitative estimate of drug-likeness (QED) is 0.278. The van der Waals surface area contributed by atoms with Crippen molar-refractivity contribution in [3.8, 4) is 0 Å². The van der Waals surface area contributed by atoms with Gasteiger partial charge in [-0.25, -0.2) is 9.97 Å². The molecule has 3 heterocycles. The van der Waals surface area contributed by atoms with Gasteiger partial charge in [0, 0.05) is 23.0 Å². The maximum atomic E-state index is 13.3. The van der Waals surface area contributed by atoms with E-state index in [2.05, 4.69) is 9.97 Å². The van der Waals surface area contributed by atoms with Gasteiger partial charge in [0.05, 0.1) is 20.3 Å². The number of hydrogen-bond acceptors (Lipinski definition) is 4. The van der Waals surface area contributed by atoms with Gasteiger partial charge in [0.25, 0.3) is 0 Å². The third-order valence-corrected chi connectivity index (χ3v) is 4.86. The van der Waals surface area contributed by atoms with Gasteiger partial charge in [-0.1, -0.05) is 29.8 Å². The zero-order valence-corrected chi connectivity index (χ0v) is 12.0. The van der Waals surface area contributed by atoms with Gasteiger partial charge in [0.15, 0.2) is 5.43 Å². The van der Waals surface area contributed by atoms with Crippen molar-refractivity contribution in [2.24, 2.45) is 0 Å². The van der Waals surface area contributed by atoms with Crippen molar-refractivity contribution in [3.63, 3.8) is 0 Å². The van der Waals surface area contributed by atoms with E-state index in [-0.39, 0.29) is 10.6 Å². The van der Waals surface area contributed by atoms with E-state index in [9.17, 15) is 9.18 Å². The van der Waals surface area contributed by atoms with Crippen LogP contribution < -0.4 is 5.43 Å². The Morgan fingerprint density at radius 3 is 2.86 bits per heavy atom. The van der Waals surface area contributed by atoms with Crippen LogP contribution in [-0.4, -0.2) is 9.97 Å². The second-order valence-corrected chi connectivity index (χ2v) is 5.97. The molecule has 21 heavy (non-hydrogen) atoms. The smallest absolute Gasteiger partial charge is 0.213 e. The number of benzene rings is 1. The van der Waals surface area contributed by atoms with E-state index < -0.39 is 5.95 Å². The lowest BCUT2D eigenvalue weighted by Gasteiger charge is -2.06. The molecule has 102 valence electrons. The van der Waals surface area contributed by atoms with Gasteiger partial charge in [0.1, 0.15) is 5.15 Å². The Balaban J connectivity index is 2.37. The monoisotopic (exact) mass is 316 g/mol. The Labute approximate surface area is 126 Å². The minimum absolute atomic E-state index is 0.249. The molecule has 0 atom stereocenters. The van der Waals surface area contributed by atoms with Crippen molar-refractivity contribution in [1.82, 2.24) is 9.97 Å². The topological polar surface area (TPSA) is 42.9 Å². The molecule has 0 spiro atoms. The lowest BCUT2D eigenvalue weighted by Crippen LogP contribution is -2.04. The predicted molar refractivity (Wildman–Crippen MR) is 83.7 cm³/mol. The van der Waals surface area contributed by atoms with E-state index in [0.29, 0.717) is 25.7 Å². The van der Waals surface area contributed by atoms with Gasteiger partial charge in [-0.05, 0) is 6.07 Å². The summed E-state index contributed by atoms with van der Waals surface area (Å²) in [7, 11) is 0. The highest BCUT2D eigenvalue weighted by atomic mass is 35.5. The summed E-state index contributed by atoms with van der Waals surface area (Å²) < 4.78 is 14.5. The minimum Gasteiger partial charge on any atom is -0.288 e. The normalized spacial score (nSPS) is 11.5. The fraction of sp³-hybridized carbons (Fsp3) is 0. The Morgan fingerprint density at radius 1 is 1.19 bits per heavy atom. The molecule has 6 heteroatoms. The molecule has 3 nitrogen and oxygen atoms in total. The Kier molecular flexibility index (Phi) is 2.67. The van der Waals surface area contributed by atoms with E-state index in [1.165, 1.54) is 17.5 Å². The van der Waals surface area contributed by atoms with Gasteiger partial charge < -0.3 is 0 Å². The number of halogens is 2. The summed E-state index contributed by atoms with van der Waals surface area (Å²) in [4.78, 5) is 20.6. The second kappa shape index (κ2) is 4.44. The molecule has 0 aliphatic heterocycles. The Bertz CT molecular complexity index is 1090. The SMILES string of the molecule is O=c1c2cc(F)ncc2sc2c(Cl)nc3ccccc3c12. The molecule has 0 unspecified atom stereocenters. The summed E-state index contributed by atoms with van der Waals surface area (Å²) in [6.45, 7) is 0. The summed E-state index contributed by atoms with van der Waals surface area (Å²) in [6.07, 6.45) is 1.35. The molecule has 0 radical (unpaired) electrons. The van der Waals surface area contributed by atoms with E-state index in [1.54, 1.807) is 6.07 Å². The van der Waals surface area contributed by atoms with Gasteiger partial charge in [-0.2, -0.15) is 4.39 Å². The maximum absolute atomic E-state index is 13.3. The molecular weight excluding hydrogens is 311 g/mol. The molecule has 0 bridgehead atoms. The standard InChI is InChI=1S/C15H6ClFN2OS/c16-15-14-12(7-3-1-2-4-9(7)19-15)13(20)8-5-11(17)18-6-10(8)21-14/h1-6H. The van der Waals surface area contributed by atoms with Crippen LogP contribution in [0.4, 0.5) is 4.39 Å². The van der Waals surface area contributed by atoms with Gasteiger partial charge in [-0.15, -0.1) is 11.3 Å². The van der Waals surface area contributed by atoms with E-state index in [4.69, 9.17) is 11.6 Å². The average molecular weight is 317 g/mol. The molecule has 3 aromatic heterocycles. The van der Waals surface area contributed by atoms with Crippen LogP contribution in [-0.2, 0) is 0 Å². The lowest BCUT2D eigenvalue weighted by molar-refractivity contribution is 0.586. The van der Waals surface area contributed by atoms with Crippen LogP contribution in [0.3, 0.4) is 0 Å². The number of hydrogen-bond donors (Lipinski definition) is 0. The van der Waals surface area contributed by atoms with Crippen LogP contribution in [0, 0.1) is 5.95 Å². The second-order valence-electron chi connectivity index (χ2n) is 4.56. The fourth-order valence-corrected chi connectivity index (χ4v) is 3.73. The predicted octanol–water partition coefficient (Wildman–Crippen LogP) is 4.15. The minimum atomic E-state index is -0.671. The van der Waals surface area contributed by atoms with Crippen LogP contribution in [0.2, 0.25) is 5.15 Å². The van der Waals surface area contributed by atoms with Crippen LogP contribution in [0.5, 0.6) is 0 Å². The summed E-state index contributed by atoms with van der Waals surface area (Å²) >= 11 is 7.50. The molecular formula is C15H6ClFN2OS. The first-order valence-electron chi connectivity index (χ1n) is 6.11. The van der Waals surface area contributed by atoms with Crippen molar-refractivity contribution in [1.29, 1.82) is 0 Å². The number of rotatable bonds is 0. The number of fused-ring (bicyclic) bond motifs is 4. The third kappa shape index (κ3) is 1.81. The zero-order valence-electron chi connectivity index (χ0n) is 10.4. The highest BCUT2D eigenvalue weighted by molar-refractivity contribution is 7.25. The van der Waals surface area contributed by atoms with E-state index in [0.717, 1.165) is 11.5 Å². The van der Waals surface area contributed by atoms with Gasteiger partial charge in [0.2, 0.25) is 5.95 Å². The van der Waals surface area contributed by atoms with Gasteiger partial charge in [-0.3, -0.25) is 4.79 Å². The average Bonchev–Trinajstić information content (AvgIpc) is 2.48. The summed E-state index contributed by atoms with van der Waals surface area (Å²) in [5.41, 5.74) is 0.397. The molecule has 4 aromatic rings. The molecule has 0 aliphatic rings. The van der Waals surface area contributed by atoms with E-state index in [1.807, 2.05) is 18.2 Å². The Morgan fingerprint density at radius 2 is 2.00 bits per heavy atom. The first-order valence-corrected chi connectivity index (χ1v) is 7.31. The molecule has 0 saturated heterocycles. The van der Waals surface area contributed by atoms with Crippen LogP contribution in [0.15, 0.2) is 41.3 Å². The highest BCUT2D eigenvalue weighted by Gasteiger charge is 2.14. The fourth-order valence-electron chi connectivity index (χ4n) is 2.40. The van der Waals surface area contributed by atoms with Crippen LogP contribution in [0.1, 0.15) is 0 Å². The van der Waals surface area contributed by atoms with Gasteiger partial charge >= 0.3 is 0 Å². The van der Waals surface area contributed by atoms with Crippen molar-refractivity contribution >= 4 is 54.0 Å². The molecule has 1 aromatic carbocycles. The number of nitrogens with zero attached hydrogens (tertiary/aromatic N) is 2. The molecule has 0 saturated carbocycles. The number of para-hydroxylation sites is 1. The maximum Gasteiger partial charge on any atom is 0.213 e. The molecule has 4 rings (SSSR count). The lowest BCUT2D eigenvalue weighted by atomic mass is 10.1. The number of pyridine rings is 2. The van der Waals surface area contributed by atoms with Crippen LogP contribution >= 0.6 is 22.9 Å². The van der Waals surface area contributed by atoms with Crippen molar-refractivity contribution in [2.45, 2.75) is 0 Å². The third-order valence-electron chi connectivity index (χ3n) is 3.32.